The van der Waals surface area contributed by atoms with Crippen LogP contribution in [0, 0.1) is 0 Å². The molecule has 128 valence electrons. The van der Waals surface area contributed by atoms with Crippen LogP contribution in [0.2, 0.25) is 0 Å². The van der Waals surface area contributed by atoms with Crippen molar-refractivity contribution in [1.29, 1.82) is 0 Å². The zero-order chi connectivity index (χ0) is 16.9. The largest absolute Gasteiger partial charge is 0.486 e. The molecule has 1 aromatic carbocycles. The number of furan rings is 1. The van der Waals surface area contributed by atoms with E-state index in [4.69, 9.17) is 9.15 Å². The molecule has 1 aliphatic heterocycles. The molecule has 2 heterocycles. The van der Waals surface area contributed by atoms with E-state index >= 15 is 0 Å². The first-order valence-electron chi connectivity index (χ1n) is 8.09. The van der Waals surface area contributed by atoms with Crippen LogP contribution in [-0.4, -0.2) is 37.0 Å². The van der Waals surface area contributed by atoms with Gasteiger partial charge in [-0.2, -0.15) is 0 Å². The Labute approximate surface area is 150 Å². The number of nitrogens with one attached hydrogen (secondary N) is 1. The van der Waals surface area contributed by atoms with E-state index < -0.39 is 0 Å². The van der Waals surface area contributed by atoms with Crippen molar-refractivity contribution in [1.82, 2.24) is 10.2 Å². The second-order valence-electron chi connectivity index (χ2n) is 5.86. The summed E-state index contributed by atoms with van der Waals surface area (Å²) in [6.07, 6.45) is 1.95. The van der Waals surface area contributed by atoms with E-state index in [1.165, 1.54) is 0 Å². The van der Waals surface area contributed by atoms with Crippen LogP contribution in [0.3, 0.4) is 0 Å². The Morgan fingerprint density at radius 3 is 2.62 bits per heavy atom. The fourth-order valence-electron chi connectivity index (χ4n) is 2.78. The lowest BCUT2D eigenvalue weighted by atomic mass is 10.1. The summed E-state index contributed by atoms with van der Waals surface area (Å²) in [5, 5.41) is 3.26. The molecular weight excluding hydrogens is 372 g/mol. The highest BCUT2D eigenvalue weighted by atomic mass is 79.9. The normalized spacial score (nSPS) is 15.5. The van der Waals surface area contributed by atoms with Crippen molar-refractivity contribution in [3.05, 3.63) is 52.4 Å². The fourth-order valence-corrected chi connectivity index (χ4v) is 3.05. The molecule has 1 aliphatic rings. The third-order valence-corrected chi connectivity index (χ3v) is 4.79. The van der Waals surface area contributed by atoms with E-state index in [1.807, 2.05) is 36.2 Å². The van der Waals surface area contributed by atoms with E-state index in [0.29, 0.717) is 24.2 Å². The predicted octanol–water partition coefficient (Wildman–Crippen LogP) is 3.45. The molecule has 0 bridgehead atoms. The second-order valence-corrected chi connectivity index (χ2v) is 6.78. The van der Waals surface area contributed by atoms with Crippen molar-refractivity contribution in [2.75, 3.05) is 20.1 Å². The first-order chi connectivity index (χ1) is 11.7. The van der Waals surface area contributed by atoms with Gasteiger partial charge in [0.25, 0.3) is 5.91 Å². The smallest absolute Gasteiger partial charge is 0.289 e. The number of hydrogen-bond donors (Lipinski definition) is 1. The van der Waals surface area contributed by atoms with Crippen LogP contribution in [0.1, 0.15) is 29.2 Å². The maximum Gasteiger partial charge on any atom is 0.289 e. The molecule has 0 aliphatic carbocycles. The summed E-state index contributed by atoms with van der Waals surface area (Å²) in [5.41, 5.74) is 0. The maximum absolute atomic E-state index is 12.5. The third-order valence-electron chi connectivity index (χ3n) is 4.26. The van der Waals surface area contributed by atoms with Gasteiger partial charge < -0.3 is 19.4 Å². The number of rotatable bonds is 5. The number of likely N-dealkylation sites (tertiary alicyclic amines) is 1. The van der Waals surface area contributed by atoms with Gasteiger partial charge in [-0.3, -0.25) is 4.79 Å². The number of carbonyl (C=O) groups is 1. The Morgan fingerprint density at radius 1 is 1.25 bits per heavy atom. The van der Waals surface area contributed by atoms with Crippen molar-refractivity contribution in [2.45, 2.75) is 25.5 Å². The van der Waals surface area contributed by atoms with Gasteiger partial charge in [-0.25, -0.2) is 0 Å². The van der Waals surface area contributed by atoms with Gasteiger partial charge in [-0.15, -0.1) is 0 Å². The monoisotopic (exact) mass is 392 g/mol. The predicted molar refractivity (Wildman–Crippen MR) is 95.2 cm³/mol. The van der Waals surface area contributed by atoms with E-state index in [0.717, 1.165) is 36.2 Å². The minimum absolute atomic E-state index is 0.0422. The minimum atomic E-state index is -0.0422. The molecule has 24 heavy (non-hydrogen) atoms. The van der Waals surface area contributed by atoms with Crippen LogP contribution >= 0.6 is 15.9 Å². The van der Waals surface area contributed by atoms with E-state index in [1.54, 1.807) is 12.1 Å². The first-order valence-corrected chi connectivity index (χ1v) is 8.88. The van der Waals surface area contributed by atoms with E-state index in [9.17, 15) is 4.79 Å². The van der Waals surface area contributed by atoms with Crippen LogP contribution in [-0.2, 0) is 6.61 Å². The number of carbonyl (C=O) groups excluding carboxylic acids is 1. The van der Waals surface area contributed by atoms with E-state index in [-0.39, 0.29) is 5.91 Å². The zero-order valence-electron chi connectivity index (χ0n) is 13.6. The zero-order valence-corrected chi connectivity index (χ0v) is 15.2. The summed E-state index contributed by atoms with van der Waals surface area (Å²) >= 11 is 3.39. The first kappa shape index (κ1) is 17.0. The van der Waals surface area contributed by atoms with Gasteiger partial charge in [0.1, 0.15) is 18.1 Å². The number of hydrogen-bond acceptors (Lipinski definition) is 4. The van der Waals surface area contributed by atoms with Crippen LogP contribution < -0.4 is 10.1 Å². The number of nitrogens with zero attached hydrogens (tertiary/aromatic N) is 1. The lowest BCUT2D eigenvalue weighted by molar-refractivity contribution is 0.0671. The molecule has 1 N–H and O–H groups in total. The quantitative estimate of drug-likeness (QED) is 0.846. The molecule has 0 atom stereocenters. The van der Waals surface area contributed by atoms with Crippen molar-refractivity contribution < 1.29 is 13.9 Å². The van der Waals surface area contributed by atoms with Gasteiger partial charge in [0, 0.05) is 23.6 Å². The summed E-state index contributed by atoms with van der Waals surface area (Å²) in [6.45, 7) is 1.82. The van der Waals surface area contributed by atoms with Crippen molar-refractivity contribution in [2.24, 2.45) is 0 Å². The van der Waals surface area contributed by atoms with Gasteiger partial charge in [-0.05, 0) is 56.3 Å². The Hall–Kier alpha value is -1.79. The Kier molecular flexibility index (Phi) is 5.58. The number of ether oxygens (including phenoxy) is 1. The molecule has 0 spiro atoms. The van der Waals surface area contributed by atoms with Crippen molar-refractivity contribution >= 4 is 21.8 Å². The van der Waals surface area contributed by atoms with Gasteiger partial charge >= 0.3 is 0 Å². The maximum atomic E-state index is 12.5. The third kappa shape index (κ3) is 4.19. The molecule has 6 heteroatoms. The molecule has 5 nitrogen and oxygen atoms in total. The van der Waals surface area contributed by atoms with Gasteiger partial charge in [-0.1, -0.05) is 15.9 Å². The number of amides is 1. The highest BCUT2D eigenvalue weighted by Crippen LogP contribution is 2.19. The average Bonchev–Trinajstić information content (AvgIpc) is 3.10. The summed E-state index contributed by atoms with van der Waals surface area (Å²) in [7, 11) is 1.96. The average molecular weight is 393 g/mol. The van der Waals surface area contributed by atoms with Gasteiger partial charge in [0.05, 0.1) is 0 Å². The standard InChI is InChI=1S/C18H21BrN2O3/c1-20-14-8-10-21(11-9-14)18(22)17-7-6-16(24-17)12-23-15-4-2-13(19)3-5-15/h2-7,14,20H,8-12H2,1H3. The number of benzene rings is 1. The summed E-state index contributed by atoms with van der Waals surface area (Å²) in [4.78, 5) is 14.3. The van der Waals surface area contributed by atoms with Gasteiger partial charge in [0.2, 0.25) is 0 Å². The Bertz CT molecular complexity index is 676. The SMILES string of the molecule is CNC1CCN(C(=O)c2ccc(COc3ccc(Br)cc3)o2)CC1. The molecule has 0 unspecified atom stereocenters. The molecule has 1 fully saturated rings. The highest BCUT2D eigenvalue weighted by Gasteiger charge is 2.24. The molecule has 3 rings (SSSR count). The number of piperidine rings is 1. The molecule has 2 aromatic rings. The molecule has 0 radical (unpaired) electrons. The van der Waals surface area contributed by atoms with E-state index in [2.05, 4.69) is 21.2 Å². The molecule has 1 aromatic heterocycles. The topological polar surface area (TPSA) is 54.7 Å². The van der Waals surface area contributed by atoms with Crippen molar-refractivity contribution in [3.8, 4) is 5.75 Å². The summed E-state index contributed by atoms with van der Waals surface area (Å²) in [6, 6.07) is 11.6. The summed E-state index contributed by atoms with van der Waals surface area (Å²) in [5.74, 6) is 1.75. The lowest BCUT2D eigenvalue weighted by Crippen LogP contribution is -2.43. The fraction of sp³-hybridized carbons (Fsp3) is 0.389. The highest BCUT2D eigenvalue weighted by molar-refractivity contribution is 9.10. The molecule has 0 saturated carbocycles. The molecule has 1 amide bonds. The van der Waals surface area contributed by atoms with Crippen LogP contribution in [0.25, 0.3) is 0 Å². The molecular formula is C18H21BrN2O3. The van der Waals surface area contributed by atoms with Crippen LogP contribution in [0.15, 0.2) is 45.3 Å². The van der Waals surface area contributed by atoms with Crippen LogP contribution in [0.5, 0.6) is 5.75 Å². The second kappa shape index (κ2) is 7.85. The Balaban J connectivity index is 1.55. The molecule has 1 saturated heterocycles. The Morgan fingerprint density at radius 2 is 1.96 bits per heavy atom. The van der Waals surface area contributed by atoms with Gasteiger partial charge in [0.15, 0.2) is 5.76 Å². The summed E-state index contributed by atoms with van der Waals surface area (Å²) < 4.78 is 12.3. The van der Waals surface area contributed by atoms with Crippen molar-refractivity contribution in [3.63, 3.8) is 0 Å². The minimum Gasteiger partial charge on any atom is -0.486 e. The number of halogens is 1. The lowest BCUT2D eigenvalue weighted by Gasteiger charge is -2.31. The van der Waals surface area contributed by atoms with Crippen LogP contribution in [0.4, 0.5) is 0 Å².